The van der Waals surface area contributed by atoms with Crippen molar-refractivity contribution in [2.75, 3.05) is 13.1 Å². The molecule has 0 aromatic carbocycles. The summed E-state index contributed by atoms with van der Waals surface area (Å²) in [5, 5.41) is 17.0. The zero-order valence-electron chi connectivity index (χ0n) is 20.4. The summed E-state index contributed by atoms with van der Waals surface area (Å²) in [5.74, 6) is -3.11. The van der Waals surface area contributed by atoms with Crippen LogP contribution in [-0.2, 0) is 19.2 Å². The molecule has 3 amide bonds. The first kappa shape index (κ1) is 31.1. The summed E-state index contributed by atoms with van der Waals surface area (Å²) in [7, 11) is 0. The van der Waals surface area contributed by atoms with Gasteiger partial charge < -0.3 is 44.0 Å². The number of hydrogen-bond acceptors (Lipinski definition) is 7. The highest BCUT2D eigenvalue weighted by molar-refractivity contribution is 5.93. The first-order valence-corrected chi connectivity index (χ1v) is 11.6. The average molecular weight is 487 g/mol. The number of nitrogens with one attached hydrogen (secondary N) is 3. The van der Waals surface area contributed by atoms with Gasteiger partial charge in [-0.1, -0.05) is 20.3 Å². The molecule has 0 heterocycles. The minimum atomic E-state index is -1.18. The number of carboxylic acids is 1. The molecule has 0 aromatic heterocycles. The molecule has 5 atom stereocenters. The fourth-order valence-corrected chi connectivity index (χ4v) is 2.98. The first-order valence-electron chi connectivity index (χ1n) is 11.6. The summed E-state index contributed by atoms with van der Waals surface area (Å²) in [6, 6.07) is -3.92. The van der Waals surface area contributed by atoms with Crippen LogP contribution < -0.4 is 38.9 Å². The number of amides is 3. The van der Waals surface area contributed by atoms with Gasteiger partial charge in [0.2, 0.25) is 17.7 Å². The van der Waals surface area contributed by atoms with E-state index in [-0.39, 0.29) is 31.3 Å². The van der Waals surface area contributed by atoms with Gasteiger partial charge in [0, 0.05) is 6.54 Å². The first-order chi connectivity index (χ1) is 15.9. The molecule has 0 aliphatic carbocycles. The number of aliphatic imine (C=N–C) groups is 1. The van der Waals surface area contributed by atoms with Crippen LogP contribution in [0.5, 0.6) is 0 Å². The van der Waals surface area contributed by atoms with Crippen molar-refractivity contribution in [3.8, 4) is 0 Å². The van der Waals surface area contributed by atoms with E-state index in [1.165, 1.54) is 6.92 Å². The second-order valence-electron chi connectivity index (χ2n) is 8.34. The molecule has 0 spiro atoms. The van der Waals surface area contributed by atoms with Crippen molar-refractivity contribution in [1.29, 1.82) is 0 Å². The van der Waals surface area contributed by atoms with Crippen molar-refractivity contribution in [3.05, 3.63) is 0 Å². The van der Waals surface area contributed by atoms with Gasteiger partial charge in [-0.15, -0.1) is 0 Å². The number of guanidine groups is 1. The molecule has 0 aliphatic rings. The Kier molecular flexibility index (Phi) is 15.2. The van der Waals surface area contributed by atoms with Crippen LogP contribution in [0.2, 0.25) is 0 Å². The number of nitrogens with zero attached hydrogens (tertiary/aromatic N) is 1. The Hall–Kier alpha value is -2.93. The van der Waals surface area contributed by atoms with Gasteiger partial charge in [-0.25, -0.2) is 4.79 Å². The largest absolute Gasteiger partial charge is 0.480 e. The van der Waals surface area contributed by atoms with Gasteiger partial charge in [-0.2, -0.15) is 0 Å². The van der Waals surface area contributed by atoms with Crippen molar-refractivity contribution < 1.29 is 24.3 Å². The maximum atomic E-state index is 12.8. The van der Waals surface area contributed by atoms with E-state index in [4.69, 9.17) is 22.9 Å². The van der Waals surface area contributed by atoms with E-state index >= 15 is 0 Å². The molecular formula is C21H42N8O5. The summed E-state index contributed by atoms with van der Waals surface area (Å²) >= 11 is 0. The molecule has 13 nitrogen and oxygen atoms in total. The van der Waals surface area contributed by atoms with Gasteiger partial charge in [0.15, 0.2) is 5.96 Å². The van der Waals surface area contributed by atoms with Crippen molar-refractivity contribution in [2.45, 2.75) is 83.5 Å². The van der Waals surface area contributed by atoms with Crippen molar-refractivity contribution in [3.63, 3.8) is 0 Å². The van der Waals surface area contributed by atoms with Crippen molar-refractivity contribution in [1.82, 2.24) is 16.0 Å². The lowest BCUT2D eigenvalue weighted by Crippen LogP contribution is -2.56. The number of nitrogens with two attached hydrogens (primary N) is 4. The molecule has 0 radical (unpaired) electrons. The highest BCUT2D eigenvalue weighted by Crippen LogP contribution is 2.07. The van der Waals surface area contributed by atoms with Gasteiger partial charge in [-0.05, 0) is 51.5 Å². The fourth-order valence-electron chi connectivity index (χ4n) is 2.98. The molecule has 0 bridgehead atoms. The van der Waals surface area contributed by atoms with Crippen LogP contribution in [-0.4, -0.2) is 72.0 Å². The number of unbranched alkanes of at least 4 members (excludes halogenated alkanes) is 1. The molecule has 196 valence electrons. The average Bonchev–Trinajstić information content (AvgIpc) is 2.78. The second kappa shape index (κ2) is 16.6. The Balaban J connectivity index is 5.25. The predicted molar refractivity (Wildman–Crippen MR) is 129 cm³/mol. The molecule has 0 saturated carbocycles. The van der Waals surface area contributed by atoms with E-state index in [1.807, 2.05) is 13.8 Å². The second-order valence-corrected chi connectivity index (χ2v) is 8.34. The van der Waals surface area contributed by atoms with E-state index < -0.39 is 47.9 Å². The number of hydrogen-bond donors (Lipinski definition) is 8. The summed E-state index contributed by atoms with van der Waals surface area (Å²) < 4.78 is 0. The molecule has 0 rings (SSSR count). The zero-order valence-corrected chi connectivity index (χ0v) is 20.4. The lowest BCUT2D eigenvalue weighted by atomic mass is 9.99. The molecule has 13 heteroatoms. The van der Waals surface area contributed by atoms with Crippen molar-refractivity contribution in [2.24, 2.45) is 33.8 Å². The lowest BCUT2D eigenvalue weighted by Gasteiger charge is -2.24. The number of rotatable bonds is 17. The predicted octanol–water partition coefficient (Wildman–Crippen LogP) is -1.90. The summed E-state index contributed by atoms with van der Waals surface area (Å²) in [6.07, 6.45) is 2.54. The van der Waals surface area contributed by atoms with E-state index in [0.717, 1.165) is 0 Å². The Morgan fingerprint density at radius 3 is 2.00 bits per heavy atom. The third kappa shape index (κ3) is 12.3. The normalized spacial score (nSPS) is 15.2. The van der Waals surface area contributed by atoms with E-state index in [1.54, 1.807) is 0 Å². The van der Waals surface area contributed by atoms with E-state index in [0.29, 0.717) is 32.2 Å². The van der Waals surface area contributed by atoms with Crippen LogP contribution in [0, 0.1) is 5.92 Å². The summed E-state index contributed by atoms with van der Waals surface area (Å²) in [6.45, 7) is 5.83. The molecule has 12 N–H and O–H groups in total. The molecular weight excluding hydrogens is 444 g/mol. The van der Waals surface area contributed by atoms with Gasteiger partial charge in [0.25, 0.3) is 0 Å². The smallest absolute Gasteiger partial charge is 0.326 e. The van der Waals surface area contributed by atoms with Crippen LogP contribution >= 0.6 is 0 Å². The van der Waals surface area contributed by atoms with Gasteiger partial charge in [0.1, 0.15) is 18.1 Å². The maximum Gasteiger partial charge on any atom is 0.326 e. The molecule has 0 aromatic rings. The zero-order chi connectivity index (χ0) is 26.3. The lowest BCUT2D eigenvalue weighted by molar-refractivity contribution is -0.142. The van der Waals surface area contributed by atoms with Gasteiger partial charge in [0.05, 0.1) is 6.04 Å². The molecule has 0 aliphatic heterocycles. The fraction of sp³-hybridized carbons (Fsp3) is 0.762. The molecule has 34 heavy (non-hydrogen) atoms. The summed E-state index contributed by atoms with van der Waals surface area (Å²) in [5.41, 5.74) is 22.0. The maximum absolute atomic E-state index is 12.8. The number of carbonyl (C=O) groups is 4. The standard InChI is InChI=1S/C21H42N8O5/c1-4-12(2)16(23)19(32)27-13(3)17(30)28-14(9-7-11-26-21(24)25)18(31)29-15(20(33)34)8-5-6-10-22/h12-16H,4-11,22-23H2,1-3H3,(H,27,32)(H,28,30)(H,29,31)(H,33,34)(H4,24,25,26). The van der Waals surface area contributed by atoms with Crippen LogP contribution in [0.3, 0.4) is 0 Å². The number of carbonyl (C=O) groups excluding carboxylic acids is 3. The minimum absolute atomic E-state index is 0.0726. The summed E-state index contributed by atoms with van der Waals surface area (Å²) in [4.78, 5) is 53.2. The van der Waals surface area contributed by atoms with Crippen LogP contribution in [0.25, 0.3) is 0 Å². The van der Waals surface area contributed by atoms with Crippen LogP contribution in [0.1, 0.15) is 59.3 Å². The van der Waals surface area contributed by atoms with E-state index in [9.17, 15) is 24.3 Å². The molecule has 0 fully saturated rings. The topological polar surface area (TPSA) is 241 Å². The third-order valence-electron chi connectivity index (χ3n) is 5.45. The molecule has 0 saturated heterocycles. The van der Waals surface area contributed by atoms with Crippen LogP contribution in [0.4, 0.5) is 0 Å². The van der Waals surface area contributed by atoms with Gasteiger partial charge in [-0.3, -0.25) is 19.4 Å². The third-order valence-corrected chi connectivity index (χ3v) is 5.45. The quantitative estimate of drug-likeness (QED) is 0.0649. The Labute approximate surface area is 200 Å². The van der Waals surface area contributed by atoms with E-state index in [2.05, 4.69) is 20.9 Å². The Bertz CT molecular complexity index is 699. The van der Waals surface area contributed by atoms with Gasteiger partial charge >= 0.3 is 5.97 Å². The monoisotopic (exact) mass is 486 g/mol. The Morgan fingerprint density at radius 1 is 0.882 bits per heavy atom. The SMILES string of the molecule is CCC(C)C(N)C(=O)NC(C)C(=O)NC(CCCN=C(N)N)C(=O)NC(CCCCN)C(=O)O. The number of carboxylic acid groups (broad SMARTS) is 1. The minimum Gasteiger partial charge on any atom is -0.480 e. The van der Waals surface area contributed by atoms with Crippen molar-refractivity contribution >= 4 is 29.7 Å². The highest BCUT2D eigenvalue weighted by Gasteiger charge is 2.29. The Morgan fingerprint density at radius 2 is 1.47 bits per heavy atom. The highest BCUT2D eigenvalue weighted by atomic mass is 16.4. The number of aliphatic carboxylic acids is 1. The molecule has 5 unspecified atom stereocenters. The van der Waals surface area contributed by atoms with Crippen LogP contribution in [0.15, 0.2) is 4.99 Å².